The summed E-state index contributed by atoms with van der Waals surface area (Å²) >= 11 is 0. The molecule has 1 N–H and O–H groups in total. The van der Waals surface area contributed by atoms with E-state index in [1.807, 2.05) is 35.1 Å². The molecule has 4 aromatic rings. The highest BCUT2D eigenvalue weighted by atomic mass is 16.5. The van der Waals surface area contributed by atoms with Crippen molar-refractivity contribution in [3.63, 3.8) is 0 Å². The van der Waals surface area contributed by atoms with Crippen LogP contribution in [0.2, 0.25) is 0 Å². The van der Waals surface area contributed by atoms with E-state index in [2.05, 4.69) is 25.7 Å². The van der Waals surface area contributed by atoms with Gasteiger partial charge in [-0.3, -0.25) is 9.48 Å². The molecule has 10 heteroatoms. The molecule has 1 amide bonds. The lowest BCUT2D eigenvalue weighted by Crippen LogP contribution is -2.25. The van der Waals surface area contributed by atoms with E-state index in [4.69, 9.17) is 9.72 Å². The van der Waals surface area contributed by atoms with Crippen molar-refractivity contribution in [1.29, 1.82) is 0 Å². The molecule has 3 aromatic heterocycles. The summed E-state index contributed by atoms with van der Waals surface area (Å²) in [6.45, 7) is 1.89. The summed E-state index contributed by atoms with van der Waals surface area (Å²) in [4.78, 5) is 21.2. The third kappa shape index (κ3) is 4.58. The van der Waals surface area contributed by atoms with Crippen molar-refractivity contribution in [2.75, 3.05) is 13.2 Å². The average molecular weight is 432 g/mol. The molecular weight excluding hydrogens is 408 g/mol. The number of hydrogen-bond donors (Lipinski definition) is 1. The molecule has 1 aromatic carbocycles. The Balaban J connectivity index is 1.42. The van der Waals surface area contributed by atoms with Crippen LogP contribution >= 0.6 is 0 Å². The molecule has 2 aliphatic heterocycles. The van der Waals surface area contributed by atoms with E-state index in [1.54, 1.807) is 17.1 Å². The number of benzene rings is 1. The highest BCUT2D eigenvalue weighted by Gasteiger charge is 2.12. The maximum absolute atomic E-state index is 12.0. The van der Waals surface area contributed by atoms with Crippen LogP contribution in [0.5, 0.6) is 5.75 Å². The minimum atomic E-state index is 0.0715. The van der Waals surface area contributed by atoms with Crippen LogP contribution < -0.4 is 10.1 Å². The molecule has 164 valence electrons. The van der Waals surface area contributed by atoms with Crippen LogP contribution in [0.3, 0.4) is 0 Å². The predicted octanol–water partition coefficient (Wildman–Crippen LogP) is 2.07. The molecule has 32 heavy (non-hydrogen) atoms. The Morgan fingerprint density at radius 2 is 1.97 bits per heavy atom. The molecule has 10 nitrogen and oxygen atoms in total. The minimum Gasteiger partial charge on any atom is -0.494 e. The van der Waals surface area contributed by atoms with Crippen LogP contribution in [0.4, 0.5) is 0 Å². The first-order valence-electron chi connectivity index (χ1n) is 10.8. The summed E-state index contributed by atoms with van der Waals surface area (Å²) in [5, 5.41) is 15.8. The number of aromatic nitrogens is 7. The molecule has 2 aliphatic rings. The second-order valence-electron chi connectivity index (χ2n) is 7.79. The summed E-state index contributed by atoms with van der Waals surface area (Å²) < 4.78 is 9.31. The molecule has 0 saturated carbocycles. The van der Waals surface area contributed by atoms with Gasteiger partial charge in [-0.1, -0.05) is 17.3 Å². The zero-order valence-electron chi connectivity index (χ0n) is 17.6. The van der Waals surface area contributed by atoms with E-state index in [0.717, 1.165) is 36.3 Å². The number of hydrogen-bond acceptors (Lipinski definition) is 7. The van der Waals surface area contributed by atoms with E-state index in [9.17, 15) is 4.79 Å². The number of fused-ring (bicyclic) bond motifs is 11. The molecule has 0 atom stereocenters. The van der Waals surface area contributed by atoms with Gasteiger partial charge in [-0.15, -0.1) is 5.10 Å². The van der Waals surface area contributed by atoms with Gasteiger partial charge < -0.3 is 10.1 Å². The van der Waals surface area contributed by atoms with Crippen molar-refractivity contribution in [3.05, 3.63) is 54.2 Å². The lowest BCUT2D eigenvalue weighted by Gasteiger charge is -2.08. The summed E-state index contributed by atoms with van der Waals surface area (Å²) in [6, 6.07) is 7.93. The third-order valence-corrected chi connectivity index (χ3v) is 5.35. The molecule has 0 fully saturated rings. The molecule has 0 radical (unpaired) electrons. The van der Waals surface area contributed by atoms with Gasteiger partial charge in [-0.05, 0) is 37.0 Å². The van der Waals surface area contributed by atoms with Crippen LogP contribution in [0, 0.1) is 0 Å². The number of rotatable bonds is 0. The number of carbonyl (C=O) groups is 1. The second kappa shape index (κ2) is 9.13. The number of nitrogens with one attached hydrogen (secondary N) is 1. The number of aryl methyl sites for hydroxylation is 1. The highest BCUT2D eigenvalue weighted by molar-refractivity contribution is 5.75. The van der Waals surface area contributed by atoms with Gasteiger partial charge in [0.2, 0.25) is 5.91 Å². The molecule has 6 rings (SSSR count). The van der Waals surface area contributed by atoms with Gasteiger partial charge >= 0.3 is 0 Å². The van der Waals surface area contributed by atoms with E-state index in [-0.39, 0.29) is 5.91 Å². The van der Waals surface area contributed by atoms with Crippen molar-refractivity contribution in [1.82, 2.24) is 40.1 Å². The Kier molecular flexibility index (Phi) is 5.73. The van der Waals surface area contributed by atoms with Gasteiger partial charge in [0, 0.05) is 25.9 Å². The van der Waals surface area contributed by atoms with E-state index in [1.165, 1.54) is 0 Å². The SMILES string of the molecule is O=C1CCCCOc2ccc(cc2)Cc2ncc3nnn(c3n2)-c2cnn(c2)CCCN1. The molecule has 5 heterocycles. The van der Waals surface area contributed by atoms with Crippen LogP contribution in [0.15, 0.2) is 42.9 Å². The second-order valence-corrected chi connectivity index (χ2v) is 7.79. The van der Waals surface area contributed by atoms with Crippen molar-refractivity contribution in [2.24, 2.45) is 0 Å². The Bertz CT molecular complexity index is 1210. The number of amides is 1. The number of ether oxygens (including phenoxy) is 1. The van der Waals surface area contributed by atoms with E-state index >= 15 is 0 Å². The van der Waals surface area contributed by atoms with Crippen molar-refractivity contribution >= 4 is 17.1 Å². The van der Waals surface area contributed by atoms with Crippen LogP contribution in [0.1, 0.15) is 37.1 Å². The first kappa shape index (κ1) is 20.1. The minimum absolute atomic E-state index is 0.0715. The average Bonchev–Trinajstić information content (AvgIpc) is 3.43. The maximum atomic E-state index is 12.0. The Morgan fingerprint density at radius 3 is 2.88 bits per heavy atom. The predicted molar refractivity (Wildman–Crippen MR) is 116 cm³/mol. The first-order chi connectivity index (χ1) is 15.7. The quantitative estimate of drug-likeness (QED) is 0.453. The monoisotopic (exact) mass is 432 g/mol. The number of carbonyl (C=O) groups excluding carboxylic acids is 1. The summed E-state index contributed by atoms with van der Waals surface area (Å²) in [5.41, 5.74) is 3.14. The lowest BCUT2D eigenvalue weighted by atomic mass is 10.1. The third-order valence-electron chi connectivity index (χ3n) is 5.35. The van der Waals surface area contributed by atoms with E-state index in [0.29, 0.717) is 49.5 Å². The first-order valence-corrected chi connectivity index (χ1v) is 10.8. The Labute approximate surface area is 184 Å². The molecule has 0 spiro atoms. The van der Waals surface area contributed by atoms with Crippen LogP contribution in [-0.2, 0) is 17.8 Å². The molecule has 6 bridgehead atoms. The van der Waals surface area contributed by atoms with Gasteiger partial charge in [-0.25, -0.2) is 9.97 Å². The fraction of sp³-hybridized carbons (Fsp3) is 0.364. The zero-order valence-corrected chi connectivity index (χ0v) is 17.6. The summed E-state index contributed by atoms with van der Waals surface area (Å²) in [5.74, 6) is 1.58. The van der Waals surface area contributed by atoms with Gasteiger partial charge in [-0.2, -0.15) is 9.78 Å². The Hall–Kier alpha value is -3.82. The van der Waals surface area contributed by atoms with Gasteiger partial charge in [0.1, 0.15) is 17.3 Å². The standard InChI is InChI=1S/C22H24N8O2/c31-21-4-1-2-11-32-18-7-5-16(6-8-18)12-20-24-14-19-22(26-20)30(28-27-19)17-13-25-29(15-17)10-3-9-23-21/h5-8,13-15H,1-4,9-12H2,(H,23,31). The number of nitrogens with zero attached hydrogens (tertiary/aromatic N) is 7. The van der Waals surface area contributed by atoms with Crippen LogP contribution in [0.25, 0.3) is 16.9 Å². The van der Waals surface area contributed by atoms with Gasteiger partial charge in [0.05, 0.1) is 25.2 Å². The van der Waals surface area contributed by atoms with Crippen molar-refractivity contribution in [2.45, 2.75) is 38.6 Å². The highest BCUT2D eigenvalue weighted by Crippen LogP contribution is 2.17. The summed E-state index contributed by atoms with van der Waals surface area (Å²) in [6.07, 6.45) is 8.86. The normalized spacial score (nSPS) is 15.7. The largest absolute Gasteiger partial charge is 0.494 e. The molecule has 0 unspecified atom stereocenters. The fourth-order valence-corrected chi connectivity index (χ4v) is 3.63. The molecular formula is C22H24N8O2. The zero-order chi connectivity index (χ0) is 21.8. The summed E-state index contributed by atoms with van der Waals surface area (Å²) in [7, 11) is 0. The molecule has 0 aliphatic carbocycles. The van der Waals surface area contributed by atoms with Crippen molar-refractivity contribution < 1.29 is 9.53 Å². The smallest absolute Gasteiger partial charge is 0.219 e. The van der Waals surface area contributed by atoms with Gasteiger partial charge in [0.25, 0.3) is 0 Å². The maximum Gasteiger partial charge on any atom is 0.219 e. The van der Waals surface area contributed by atoms with Crippen LogP contribution in [-0.4, -0.2) is 53.8 Å². The topological polar surface area (TPSA) is 113 Å². The van der Waals surface area contributed by atoms with Crippen molar-refractivity contribution in [3.8, 4) is 11.4 Å². The van der Waals surface area contributed by atoms with E-state index < -0.39 is 0 Å². The lowest BCUT2D eigenvalue weighted by molar-refractivity contribution is -0.121. The fourth-order valence-electron chi connectivity index (χ4n) is 3.63. The van der Waals surface area contributed by atoms with Gasteiger partial charge in [0.15, 0.2) is 11.2 Å². The molecule has 0 saturated heterocycles. The Morgan fingerprint density at radius 1 is 1.06 bits per heavy atom.